The zero-order valence-electron chi connectivity index (χ0n) is 13.6. The second-order valence-corrected chi connectivity index (χ2v) is 9.49. The number of hydrogen-bond donors (Lipinski definition) is 2. The maximum Gasteiger partial charge on any atom is 0.255 e. The van der Waals surface area contributed by atoms with Gasteiger partial charge in [-0.2, -0.15) is 11.8 Å². The molecule has 1 aliphatic carbocycles. The minimum absolute atomic E-state index is 0.186. The fourth-order valence-corrected chi connectivity index (χ4v) is 5.05. The molecule has 2 N–H and O–H groups in total. The van der Waals surface area contributed by atoms with E-state index in [4.69, 9.17) is 0 Å². The first kappa shape index (κ1) is 18.2. The summed E-state index contributed by atoms with van der Waals surface area (Å²) in [5.74, 6) is 2.04. The monoisotopic (exact) mass is 463 g/mol. The van der Waals surface area contributed by atoms with E-state index in [0.29, 0.717) is 21.3 Å². The number of halogens is 2. The van der Waals surface area contributed by atoms with Crippen LogP contribution in [0.5, 0.6) is 0 Å². The molecule has 0 spiro atoms. The zero-order valence-corrected chi connectivity index (χ0v) is 16.5. The lowest BCUT2D eigenvalue weighted by molar-refractivity contribution is 0.0928. The summed E-state index contributed by atoms with van der Waals surface area (Å²) in [6.45, 7) is 0. The Balaban J connectivity index is 1.68. The number of carbonyl (C=O) groups is 1. The number of nitrogens with zero attached hydrogens (tertiary/aromatic N) is 1. The first-order valence-electron chi connectivity index (χ1n) is 8.56. The molecule has 7 heteroatoms. The van der Waals surface area contributed by atoms with Crippen LogP contribution in [0.4, 0.5) is 10.2 Å². The van der Waals surface area contributed by atoms with E-state index in [1.165, 1.54) is 12.3 Å². The SMILES string of the molecule is O=C(NC1CCC(I)CC1)c1cc(F)cnc1NC1CCSCC1. The van der Waals surface area contributed by atoms with Crippen LogP contribution in [-0.4, -0.2) is 38.4 Å². The third kappa shape index (κ3) is 4.97. The predicted molar refractivity (Wildman–Crippen MR) is 106 cm³/mol. The minimum Gasteiger partial charge on any atom is -0.367 e. The van der Waals surface area contributed by atoms with E-state index in [2.05, 4.69) is 38.2 Å². The van der Waals surface area contributed by atoms with E-state index in [-0.39, 0.29) is 11.9 Å². The van der Waals surface area contributed by atoms with Gasteiger partial charge in [0, 0.05) is 16.0 Å². The van der Waals surface area contributed by atoms with Gasteiger partial charge in [-0.3, -0.25) is 4.79 Å². The molecule has 1 aliphatic heterocycles. The number of aromatic nitrogens is 1. The highest BCUT2D eigenvalue weighted by atomic mass is 127. The number of carbonyl (C=O) groups excluding carboxylic acids is 1. The molecule has 1 aromatic heterocycles. The van der Waals surface area contributed by atoms with Crippen LogP contribution in [0, 0.1) is 5.82 Å². The number of pyridine rings is 1. The average molecular weight is 463 g/mol. The fraction of sp³-hybridized carbons (Fsp3) is 0.647. The van der Waals surface area contributed by atoms with Crippen molar-refractivity contribution >= 4 is 46.1 Å². The molecule has 0 aromatic carbocycles. The number of hydrogen-bond acceptors (Lipinski definition) is 4. The van der Waals surface area contributed by atoms with E-state index in [1.54, 1.807) is 0 Å². The molecule has 2 fully saturated rings. The van der Waals surface area contributed by atoms with Gasteiger partial charge in [0.05, 0.1) is 11.8 Å². The van der Waals surface area contributed by atoms with Gasteiger partial charge in [0.25, 0.3) is 5.91 Å². The molecule has 4 nitrogen and oxygen atoms in total. The van der Waals surface area contributed by atoms with Gasteiger partial charge in [0.2, 0.25) is 0 Å². The molecule has 2 aliphatic rings. The summed E-state index contributed by atoms with van der Waals surface area (Å²) in [7, 11) is 0. The first-order valence-corrected chi connectivity index (χ1v) is 11.0. The van der Waals surface area contributed by atoms with Gasteiger partial charge in [-0.1, -0.05) is 22.6 Å². The van der Waals surface area contributed by atoms with Crippen LogP contribution in [0.25, 0.3) is 0 Å². The van der Waals surface area contributed by atoms with Crippen LogP contribution in [0.3, 0.4) is 0 Å². The number of thioether (sulfide) groups is 1. The Morgan fingerprint density at radius 3 is 2.58 bits per heavy atom. The van der Waals surface area contributed by atoms with Crippen molar-refractivity contribution in [1.82, 2.24) is 10.3 Å². The van der Waals surface area contributed by atoms with Gasteiger partial charge < -0.3 is 10.6 Å². The van der Waals surface area contributed by atoms with Crippen molar-refractivity contribution in [2.75, 3.05) is 16.8 Å². The number of amides is 1. The number of rotatable bonds is 4. The highest BCUT2D eigenvalue weighted by molar-refractivity contribution is 14.1. The van der Waals surface area contributed by atoms with Crippen molar-refractivity contribution in [1.29, 1.82) is 0 Å². The summed E-state index contributed by atoms with van der Waals surface area (Å²) in [6, 6.07) is 1.79. The van der Waals surface area contributed by atoms with E-state index in [9.17, 15) is 9.18 Å². The van der Waals surface area contributed by atoms with E-state index >= 15 is 0 Å². The van der Waals surface area contributed by atoms with Crippen LogP contribution in [0.1, 0.15) is 48.9 Å². The highest BCUT2D eigenvalue weighted by Gasteiger charge is 2.24. The largest absolute Gasteiger partial charge is 0.367 e. The lowest BCUT2D eigenvalue weighted by Gasteiger charge is -2.27. The van der Waals surface area contributed by atoms with E-state index in [0.717, 1.165) is 50.0 Å². The van der Waals surface area contributed by atoms with Crippen LogP contribution < -0.4 is 10.6 Å². The molecule has 3 rings (SSSR count). The van der Waals surface area contributed by atoms with Crippen LogP contribution in [0.2, 0.25) is 0 Å². The van der Waals surface area contributed by atoms with Crippen LogP contribution in [0.15, 0.2) is 12.3 Å². The van der Waals surface area contributed by atoms with Gasteiger partial charge in [-0.25, -0.2) is 9.37 Å². The number of anilines is 1. The lowest BCUT2D eigenvalue weighted by atomic mass is 9.95. The van der Waals surface area contributed by atoms with Crippen LogP contribution in [-0.2, 0) is 0 Å². The lowest BCUT2D eigenvalue weighted by Crippen LogP contribution is -2.38. The summed E-state index contributed by atoms with van der Waals surface area (Å²) in [5, 5.41) is 6.42. The molecule has 2 heterocycles. The molecule has 24 heavy (non-hydrogen) atoms. The summed E-state index contributed by atoms with van der Waals surface area (Å²) in [5.41, 5.74) is 0.324. The third-order valence-corrected chi connectivity index (χ3v) is 6.95. The smallest absolute Gasteiger partial charge is 0.255 e. The Bertz CT molecular complexity index is 575. The standard InChI is InChI=1S/C17H23FIN3OS/c18-11-9-15(17(23)22-13-3-1-12(19)2-4-13)16(20-10-11)21-14-5-7-24-8-6-14/h9-10,12-14H,1-8H2,(H,20,21)(H,22,23). The Kier molecular flexibility index (Phi) is 6.60. The molecule has 1 saturated heterocycles. The summed E-state index contributed by atoms with van der Waals surface area (Å²) in [6.07, 6.45) is 7.50. The second kappa shape index (κ2) is 8.69. The molecule has 1 saturated carbocycles. The molecule has 132 valence electrons. The maximum absolute atomic E-state index is 13.6. The molecule has 0 bridgehead atoms. The Morgan fingerprint density at radius 1 is 1.17 bits per heavy atom. The summed E-state index contributed by atoms with van der Waals surface area (Å²) in [4.78, 5) is 16.8. The normalized spacial score (nSPS) is 25.2. The van der Waals surface area contributed by atoms with Gasteiger partial charge in [-0.05, 0) is 56.1 Å². The summed E-state index contributed by atoms with van der Waals surface area (Å²) < 4.78 is 14.3. The first-order chi connectivity index (χ1) is 11.6. The quantitative estimate of drug-likeness (QED) is 0.524. The van der Waals surface area contributed by atoms with Crippen molar-refractivity contribution in [2.45, 2.75) is 54.5 Å². The Morgan fingerprint density at radius 2 is 1.88 bits per heavy atom. The van der Waals surface area contributed by atoms with Crippen molar-refractivity contribution in [2.24, 2.45) is 0 Å². The predicted octanol–water partition coefficient (Wildman–Crippen LogP) is 4.00. The highest BCUT2D eigenvalue weighted by Crippen LogP contribution is 2.26. The minimum atomic E-state index is -0.471. The van der Waals surface area contributed by atoms with Crippen molar-refractivity contribution in [3.05, 3.63) is 23.6 Å². The van der Waals surface area contributed by atoms with Gasteiger partial charge >= 0.3 is 0 Å². The molecule has 0 atom stereocenters. The Hall–Kier alpha value is -0.570. The third-order valence-electron chi connectivity index (χ3n) is 4.65. The average Bonchev–Trinajstić information content (AvgIpc) is 2.59. The van der Waals surface area contributed by atoms with Gasteiger partial charge in [0.1, 0.15) is 11.6 Å². The van der Waals surface area contributed by atoms with Gasteiger partial charge in [0.15, 0.2) is 0 Å². The number of nitrogens with one attached hydrogen (secondary N) is 2. The molecular weight excluding hydrogens is 440 g/mol. The van der Waals surface area contributed by atoms with Gasteiger partial charge in [-0.15, -0.1) is 0 Å². The fourth-order valence-electron chi connectivity index (χ4n) is 3.22. The summed E-state index contributed by atoms with van der Waals surface area (Å²) >= 11 is 4.41. The van der Waals surface area contributed by atoms with Crippen molar-refractivity contribution < 1.29 is 9.18 Å². The molecule has 0 radical (unpaired) electrons. The number of alkyl halides is 1. The second-order valence-electron chi connectivity index (χ2n) is 6.50. The van der Waals surface area contributed by atoms with Crippen molar-refractivity contribution in [3.8, 4) is 0 Å². The molecule has 1 amide bonds. The molecular formula is C17H23FIN3OS. The zero-order chi connectivity index (χ0) is 16.9. The van der Waals surface area contributed by atoms with Crippen molar-refractivity contribution in [3.63, 3.8) is 0 Å². The Labute approximate surface area is 160 Å². The van der Waals surface area contributed by atoms with E-state index < -0.39 is 5.82 Å². The topological polar surface area (TPSA) is 54.0 Å². The van der Waals surface area contributed by atoms with E-state index in [1.807, 2.05) is 11.8 Å². The molecule has 1 aromatic rings. The maximum atomic E-state index is 13.6. The molecule has 0 unspecified atom stereocenters. The van der Waals surface area contributed by atoms with Crippen LogP contribution >= 0.6 is 34.4 Å².